The van der Waals surface area contributed by atoms with Crippen molar-refractivity contribution >= 4 is 16.0 Å². The zero-order valence-electron chi connectivity index (χ0n) is 19.3. The van der Waals surface area contributed by atoms with Gasteiger partial charge in [-0.05, 0) is 72.4 Å². The van der Waals surface area contributed by atoms with Crippen molar-refractivity contribution in [1.82, 2.24) is 9.03 Å². The molecule has 1 spiro atoms. The third kappa shape index (κ3) is 4.69. The number of aliphatic hydroxyl groups excluding tert-OH is 1. The summed E-state index contributed by atoms with van der Waals surface area (Å²) in [5.41, 5.74) is 1.66. The molecule has 2 aliphatic carbocycles. The first-order valence-electron chi connectivity index (χ1n) is 11.8. The molecule has 6 nitrogen and oxygen atoms in total. The highest BCUT2D eigenvalue weighted by atomic mass is 32.2. The molecule has 194 valence electrons. The van der Waals surface area contributed by atoms with E-state index in [1.54, 1.807) is 12.1 Å². The number of nitrogens with zero attached hydrogens (tertiary/aromatic N) is 1. The topological polar surface area (TPSA) is 86.7 Å². The maximum atomic E-state index is 13.1. The standard InChI is InChI=1S/C25H26F4N2O4S/c26-21-7-3-15(4-8-21)22(32)12-23(33)17-2-1-16-10-19-5-6-20(11-18(16)9-17)24(19)13-31(14-25(27,28)29)36(34,35)30-24/h1-4,7-9,19-20,22,30,32H,5-6,10-14H2/t19-,20+,22?,24+/m0/s1. The number of fused-ring (bicyclic) bond motifs is 1. The quantitative estimate of drug-likeness (QED) is 0.460. The lowest BCUT2D eigenvalue weighted by Crippen LogP contribution is -2.52. The fourth-order valence-corrected chi connectivity index (χ4v) is 7.82. The molecule has 1 saturated heterocycles. The Balaban J connectivity index is 1.36. The molecule has 11 heteroatoms. The van der Waals surface area contributed by atoms with Crippen LogP contribution in [0.5, 0.6) is 0 Å². The molecule has 0 amide bonds. The first kappa shape index (κ1) is 25.3. The summed E-state index contributed by atoms with van der Waals surface area (Å²) in [5, 5.41) is 10.4. The Labute approximate surface area is 206 Å². The van der Waals surface area contributed by atoms with Crippen LogP contribution in [0, 0.1) is 17.7 Å². The molecule has 5 rings (SSSR count). The Morgan fingerprint density at radius 3 is 2.36 bits per heavy atom. The molecule has 1 aliphatic heterocycles. The first-order valence-corrected chi connectivity index (χ1v) is 13.2. The number of hydrogen-bond donors (Lipinski definition) is 2. The maximum absolute atomic E-state index is 13.1. The number of nitrogens with one attached hydrogen (secondary N) is 1. The van der Waals surface area contributed by atoms with Crippen LogP contribution in [-0.2, 0) is 23.1 Å². The highest BCUT2D eigenvalue weighted by molar-refractivity contribution is 7.87. The van der Waals surface area contributed by atoms with E-state index in [4.69, 9.17) is 0 Å². The number of hydrogen-bond acceptors (Lipinski definition) is 4. The van der Waals surface area contributed by atoms with Crippen molar-refractivity contribution in [3.8, 4) is 0 Å². The van der Waals surface area contributed by atoms with E-state index in [1.165, 1.54) is 24.3 Å². The number of ketones is 1. The zero-order valence-corrected chi connectivity index (χ0v) is 20.1. The summed E-state index contributed by atoms with van der Waals surface area (Å²) in [7, 11) is -4.26. The Morgan fingerprint density at radius 1 is 1.08 bits per heavy atom. The molecule has 2 bridgehead atoms. The van der Waals surface area contributed by atoms with E-state index >= 15 is 0 Å². The van der Waals surface area contributed by atoms with Crippen molar-refractivity contribution in [3.63, 3.8) is 0 Å². The molecule has 0 aromatic heterocycles. The lowest BCUT2D eigenvalue weighted by atomic mass is 9.79. The largest absolute Gasteiger partial charge is 0.402 e. The fourth-order valence-electron chi connectivity index (χ4n) is 6.11. The lowest BCUT2D eigenvalue weighted by Gasteiger charge is -2.33. The van der Waals surface area contributed by atoms with Crippen LogP contribution in [0.4, 0.5) is 17.6 Å². The summed E-state index contributed by atoms with van der Waals surface area (Å²) in [4.78, 5) is 12.9. The predicted molar refractivity (Wildman–Crippen MR) is 123 cm³/mol. The van der Waals surface area contributed by atoms with Crippen LogP contribution in [0.3, 0.4) is 0 Å². The van der Waals surface area contributed by atoms with Gasteiger partial charge in [-0.2, -0.15) is 30.6 Å². The Morgan fingerprint density at radius 2 is 1.72 bits per heavy atom. The summed E-state index contributed by atoms with van der Waals surface area (Å²) in [6.45, 7) is -1.75. The molecule has 1 unspecified atom stereocenters. The van der Waals surface area contributed by atoms with Gasteiger partial charge in [0.25, 0.3) is 10.2 Å². The van der Waals surface area contributed by atoms with Gasteiger partial charge >= 0.3 is 6.18 Å². The maximum Gasteiger partial charge on any atom is 0.402 e. The highest BCUT2D eigenvalue weighted by Gasteiger charge is 2.60. The van der Waals surface area contributed by atoms with E-state index in [2.05, 4.69) is 4.72 Å². The molecule has 2 aromatic carbocycles. The van der Waals surface area contributed by atoms with Gasteiger partial charge in [0.05, 0.1) is 11.6 Å². The molecular weight excluding hydrogens is 500 g/mol. The van der Waals surface area contributed by atoms with Gasteiger partial charge in [-0.1, -0.05) is 24.3 Å². The normalized spacial score (nSPS) is 28.1. The van der Waals surface area contributed by atoms with Crippen LogP contribution in [0.1, 0.15) is 52.4 Å². The first-order chi connectivity index (χ1) is 16.9. The van der Waals surface area contributed by atoms with Gasteiger partial charge < -0.3 is 5.11 Å². The van der Waals surface area contributed by atoms with Gasteiger partial charge in [0, 0.05) is 18.5 Å². The second-order valence-corrected chi connectivity index (χ2v) is 11.8. The number of carbonyl (C=O) groups excluding carboxylic acids is 1. The van der Waals surface area contributed by atoms with Gasteiger partial charge in [-0.3, -0.25) is 4.79 Å². The molecule has 4 atom stereocenters. The smallest absolute Gasteiger partial charge is 0.388 e. The van der Waals surface area contributed by atoms with E-state index in [0.717, 1.165) is 11.1 Å². The van der Waals surface area contributed by atoms with Crippen LogP contribution in [-0.4, -0.2) is 48.4 Å². The van der Waals surface area contributed by atoms with Crippen LogP contribution in [0.2, 0.25) is 0 Å². The molecule has 36 heavy (non-hydrogen) atoms. The number of Topliss-reactive ketones (excluding diaryl/α,β-unsaturated/α-hetero) is 1. The summed E-state index contributed by atoms with van der Waals surface area (Å²) >= 11 is 0. The number of benzene rings is 2. The average molecular weight is 527 g/mol. The molecule has 1 heterocycles. The summed E-state index contributed by atoms with van der Waals surface area (Å²) in [6, 6.07) is 10.5. The Kier molecular flexibility index (Phi) is 6.26. The second-order valence-electron chi connectivity index (χ2n) is 10.1. The summed E-state index contributed by atoms with van der Waals surface area (Å²) in [5.74, 6) is -1.09. The van der Waals surface area contributed by atoms with Crippen molar-refractivity contribution < 1.29 is 35.9 Å². The van der Waals surface area contributed by atoms with Gasteiger partial charge in [0.15, 0.2) is 5.78 Å². The van der Waals surface area contributed by atoms with E-state index in [0.29, 0.717) is 41.1 Å². The zero-order chi connectivity index (χ0) is 25.9. The van der Waals surface area contributed by atoms with E-state index in [-0.39, 0.29) is 30.6 Å². The molecule has 3 aliphatic rings. The summed E-state index contributed by atoms with van der Waals surface area (Å²) in [6.07, 6.45) is -3.60. The number of halogens is 4. The van der Waals surface area contributed by atoms with Gasteiger partial charge in [-0.25, -0.2) is 4.39 Å². The minimum Gasteiger partial charge on any atom is -0.388 e. The second kappa shape index (κ2) is 8.90. The molecule has 2 fully saturated rings. The van der Waals surface area contributed by atoms with Gasteiger partial charge in [-0.15, -0.1) is 0 Å². The Bertz CT molecular complexity index is 1280. The van der Waals surface area contributed by atoms with E-state index < -0.39 is 40.4 Å². The van der Waals surface area contributed by atoms with Crippen LogP contribution >= 0.6 is 0 Å². The lowest BCUT2D eigenvalue weighted by molar-refractivity contribution is -0.136. The number of rotatable bonds is 5. The third-order valence-corrected chi connectivity index (χ3v) is 9.44. The third-order valence-electron chi connectivity index (χ3n) is 7.87. The highest BCUT2D eigenvalue weighted by Crippen LogP contribution is 2.50. The number of carbonyl (C=O) groups is 1. The van der Waals surface area contributed by atoms with E-state index in [1.807, 2.05) is 6.07 Å². The average Bonchev–Trinajstić information content (AvgIpc) is 3.17. The van der Waals surface area contributed by atoms with E-state index in [9.17, 15) is 35.9 Å². The van der Waals surface area contributed by atoms with Crippen LogP contribution in [0.15, 0.2) is 42.5 Å². The van der Waals surface area contributed by atoms with Crippen molar-refractivity contribution in [2.45, 2.75) is 49.9 Å². The molecule has 2 N–H and O–H groups in total. The minimum atomic E-state index is -4.64. The number of aliphatic hydroxyl groups is 1. The van der Waals surface area contributed by atoms with Crippen LogP contribution in [0.25, 0.3) is 0 Å². The van der Waals surface area contributed by atoms with Gasteiger partial charge in [0.2, 0.25) is 0 Å². The van der Waals surface area contributed by atoms with Crippen LogP contribution < -0.4 is 4.72 Å². The minimum absolute atomic E-state index is 0.154. The molecular formula is C25H26F4N2O4S. The molecule has 0 radical (unpaired) electrons. The van der Waals surface area contributed by atoms with Crippen molar-refractivity contribution in [1.29, 1.82) is 0 Å². The Hall–Kier alpha value is -2.34. The van der Waals surface area contributed by atoms with Crippen molar-refractivity contribution in [2.24, 2.45) is 11.8 Å². The fraction of sp³-hybridized carbons (Fsp3) is 0.480. The summed E-state index contributed by atoms with van der Waals surface area (Å²) < 4.78 is 80.6. The number of alkyl halides is 3. The monoisotopic (exact) mass is 526 g/mol. The molecule has 1 saturated carbocycles. The predicted octanol–water partition coefficient (Wildman–Crippen LogP) is 3.71. The SMILES string of the molecule is O=C(CC(O)c1ccc(F)cc1)c1ccc2c(c1)C[C@H]1CC[C@@H](C2)[C@]12CN(CC(F)(F)F)S(=O)(=O)N2. The van der Waals surface area contributed by atoms with Crippen molar-refractivity contribution in [3.05, 3.63) is 70.5 Å². The molecule has 2 aromatic rings. The van der Waals surface area contributed by atoms with Crippen molar-refractivity contribution in [2.75, 3.05) is 13.1 Å². The van der Waals surface area contributed by atoms with Gasteiger partial charge in [0.1, 0.15) is 12.4 Å².